The maximum Gasteiger partial charge on any atom is 0.313 e. The molecule has 0 bridgehead atoms. The fraction of sp³-hybridized carbons (Fsp3) is 0.176. The second-order valence-corrected chi connectivity index (χ2v) is 7.62. The van der Waals surface area contributed by atoms with Crippen LogP contribution in [0.5, 0.6) is 11.5 Å². The predicted octanol–water partition coefficient (Wildman–Crippen LogP) is 3.13. The van der Waals surface area contributed by atoms with Gasteiger partial charge in [0.05, 0.1) is 16.5 Å². The molecule has 25 heavy (non-hydrogen) atoms. The summed E-state index contributed by atoms with van der Waals surface area (Å²) in [6, 6.07) is 10.3. The maximum atomic E-state index is 13.9. The zero-order chi connectivity index (χ0) is 18.4. The Balaban J connectivity index is 2.15. The van der Waals surface area contributed by atoms with Crippen molar-refractivity contribution in [1.82, 2.24) is 0 Å². The minimum absolute atomic E-state index is 0.0389. The Morgan fingerprint density at radius 3 is 2.60 bits per heavy atom. The number of hydrogen-bond acceptors (Lipinski definition) is 5. The molecule has 8 heteroatoms. The van der Waals surface area contributed by atoms with Crippen LogP contribution in [-0.2, 0) is 16.3 Å². The molecule has 1 aliphatic rings. The Morgan fingerprint density at radius 1 is 1.24 bits per heavy atom. The van der Waals surface area contributed by atoms with Gasteiger partial charge in [0, 0.05) is 23.8 Å². The molecular weight excluding hydrogens is 352 g/mol. The van der Waals surface area contributed by atoms with Crippen LogP contribution in [0.15, 0.2) is 41.3 Å². The van der Waals surface area contributed by atoms with Crippen LogP contribution in [0.2, 0.25) is 0 Å². The number of carbonyl (C=O) groups excluding carboxylic acids is 1. The first-order chi connectivity index (χ1) is 11.6. The molecule has 0 atom stereocenters. The van der Waals surface area contributed by atoms with Crippen molar-refractivity contribution in [2.75, 3.05) is 6.26 Å². The van der Waals surface area contributed by atoms with E-state index in [1.807, 2.05) is 6.07 Å². The second-order valence-electron chi connectivity index (χ2n) is 5.64. The van der Waals surface area contributed by atoms with Crippen LogP contribution in [-0.4, -0.2) is 26.4 Å². The molecule has 3 rings (SSSR count). The van der Waals surface area contributed by atoms with Gasteiger partial charge < -0.3 is 4.74 Å². The van der Waals surface area contributed by atoms with Crippen molar-refractivity contribution in [3.05, 3.63) is 53.1 Å². The van der Waals surface area contributed by atoms with Gasteiger partial charge in [-0.25, -0.2) is 8.42 Å². The highest BCUT2D eigenvalue weighted by molar-refractivity contribution is 7.90. The highest BCUT2D eigenvalue weighted by Crippen LogP contribution is 2.43. The monoisotopic (exact) mass is 363 g/mol. The summed E-state index contributed by atoms with van der Waals surface area (Å²) >= 11 is 0. The van der Waals surface area contributed by atoms with E-state index in [0.29, 0.717) is 5.56 Å². The van der Waals surface area contributed by atoms with Crippen LogP contribution < -0.4 is 4.74 Å². The average molecular weight is 363 g/mol. The van der Waals surface area contributed by atoms with Gasteiger partial charge in [0.25, 0.3) is 0 Å². The van der Waals surface area contributed by atoms with Crippen LogP contribution in [0.3, 0.4) is 0 Å². The average Bonchev–Trinajstić information content (AvgIpc) is 2.78. The second kappa shape index (κ2) is 5.63. The number of sulfone groups is 1. The summed E-state index contributed by atoms with van der Waals surface area (Å²) in [6.45, 7) is 0. The topological polar surface area (TPSA) is 84.2 Å². The predicted molar refractivity (Wildman–Crippen MR) is 83.8 cm³/mol. The fourth-order valence-corrected chi connectivity index (χ4v) is 3.58. The van der Waals surface area contributed by atoms with E-state index >= 15 is 0 Å². The van der Waals surface area contributed by atoms with Crippen LogP contribution in [0, 0.1) is 11.3 Å². The quantitative estimate of drug-likeness (QED) is 0.836. The van der Waals surface area contributed by atoms with Crippen molar-refractivity contribution >= 4 is 15.6 Å². The first kappa shape index (κ1) is 17.0. The number of rotatable bonds is 3. The highest BCUT2D eigenvalue weighted by atomic mass is 32.2. The molecule has 0 fully saturated rings. The van der Waals surface area contributed by atoms with E-state index < -0.39 is 38.4 Å². The molecule has 0 amide bonds. The van der Waals surface area contributed by atoms with Crippen molar-refractivity contribution in [2.24, 2.45) is 0 Å². The minimum atomic E-state index is -3.86. The third kappa shape index (κ3) is 2.98. The molecule has 0 N–H and O–H groups in total. The SMILES string of the molecule is CS(=O)(=O)c1ccc(Oc2cccc(C#N)c2)c2c1C(=O)C(F)(F)C2. The molecule has 0 aromatic heterocycles. The van der Waals surface area contributed by atoms with Crippen LogP contribution >= 0.6 is 0 Å². The van der Waals surface area contributed by atoms with Crippen molar-refractivity contribution < 1.29 is 26.7 Å². The van der Waals surface area contributed by atoms with Gasteiger partial charge in [-0.05, 0) is 30.3 Å². The summed E-state index contributed by atoms with van der Waals surface area (Å²) in [5, 5.41) is 8.90. The van der Waals surface area contributed by atoms with Crippen LogP contribution in [0.4, 0.5) is 8.78 Å². The third-order valence-electron chi connectivity index (χ3n) is 3.78. The van der Waals surface area contributed by atoms with Crippen molar-refractivity contribution in [1.29, 1.82) is 5.26 Å². The van der Waals surface area contributed by atoms with Gasteiger partial charge >= 0.3 is 5.92 Å². The lowest BCUT2D eigenvalue weighted by molar-refractivity contribution is 0.0165. The molecule has 0 aliphatic heterocycles. The number of hydrogen-bond donors (Lipinski definition) is 0. The van der Waals surface area contributed by atoms with Crippen LogP contribution in [0.25, 0.3) is 0 Å². The smallest absolute Gasteiger partial charge is 0.313 e. The normalized spacial score (nSPS) is 15.5. The van der Waals surface area contributed by atoms with E-state index in [0.717, 1.165) is 12.3 Å². The van der Waals surface area contributed by atoms with E-state index in [4.69, 9.17) is 10.00 Å². The highest BCUT2D eigenvalue weighted by Gasteiger charge is 2.50. The lowest BCUT2D eigenvalue weighted by atomic mass is 10.1. The fourth-order valence-electron chi connectivity index (χ4n) is 2.68. The van der Waals surface area contributed by atoms with Gasteiger partial charge in [0.1, 0.15) is 11.5 Å². The van der Waals surface area contributed by atoms with Gasteiger partial charge in [-0.2, -0.15) is 14.0 Å². The molecule has 0 saturated heterocycles. The Kier molecular flexibility index (Phi) is 3.84. The molecule has 5 nitrogen and oxygen atoms in total. The third-order valence-corrected chi connectivity index (χ3v) is 4.92. The van der Waals surface area contributed by atoms with Crippen LogP contribution in [0.1, 0.15) is 21.5 Å². The first-order valence-corrected chi connectivity index (χ1v) is 8.99. The summed E-state index contributed by atoms with van der Waals surface area (Å²) in [5.41, 5.74) is -0.370. The summed E-state index contributed by atoms with van der Waals surface area (Å²) in [6.07, 6.45) is -0.0823. The maximum absolute atomic E-state index is 13.9. The van der Waals surface area contributed by atoms with E-state index in [2.05, 4.69) is 0 Å². The number of ketones is 1. The first-order valence-electron chi connectivity index (χ1n) is 7.10. The van der Waals surface area contributed by atoms with E-state index in [-0.39, 0.29) is 17.1 Å². The molecule has 1 aliphatic carbocycles. The number of nitrogens with zero attached hydrogens (tertiary/aromatic N) is 1. The minimum Gasteiger partial charge on any atom is -0.457 e. The summed E-state index contributed by atoms with van der Waals surface area (Å²) < 4.78 is 57.0. The number of ether oxygens (including phenoxy) is 1. The zero-order valence-corrected chi connectivity index (χ0v) is 13.7. The largest absolute Gasteiger partial charge is 0.457 e. The molecular formula is C17H11F2NO4S. The number of halogens is 2. The Hall–Kier alpha value is -2.79. The van der Waals surface area contributed by atoms with E-state index in [1.165, 1.54) is 18.2 Å². The van der Waals surface area contributed by atoms with Crippen molar-refractivity contribution in [3.63, 3.8) is 0 Å². The number of carbonyl (C=O) groups is 1. The summed E-state index contributed by atoms with van der Waals surface area (Å²) in [5.74, 6) is -5.03. The Bertz CT molecular complexity index is 1040. The number of benzene rings is 2. The zero-order valence-electron chi connectivity index (χ0n) is 12.9. The Morgan fingerprint density at radius 2 is 1.96 bits per heavy atom. The van der Waals surface area contributed by atoms with Gasteiger partial charge in [-0.1, -0.05) is 6.07 Å². The van der Waals surface area contributed by atoms with E-state index in [9.17, 15) is 22.0 Å². The van der Waals surface area contributed by atoms with Gasteiger partial charge in [0.15, 0.2) is 9.84 Å². The molecule has 0 saturated carbocycles. The number of nitriles is 1. The van der Waals surface area contributed by atoms with Gasteiger partial charge in [-0.3, -0.25) is 4.79 Å². The Labute approximate surface area is 142 Å². The molecule has 0 unspecified atom stereocenters. The number of fused-ring (bicyclic) bond motifs is 1. The lowest BCUT2D eigenvalue weighted by Gasteiger charge is -2.12. The van der Waals surface area contributed by atoms with Gasteiger partial charge in [0.2, 0.25) is 5.78 Å². The van der Waals surface area contributed by atoms with Crippen molar-refractivity contribution in [2.45, 2.75) is 17.2 Å². The molecule has 0 spiro atoms. The molecule has 128 valence electrons. The van der Waals surface area contributed by atoms with E-state index in [1.54, 1.807) is 12.1 Å². The summed E-state index contributed by atoms with van der Waals surface area (Å²) in [7, 11) is -3.86. The van der Waals surface area contributed by atoms with Gasteiger partial charge in [-0.15, -0.1) is 0 Å². The molecule has 0 radical (unpaired) electrons. The molecule has 2 aromatic carbocycles. The van der Waals surface area contributed by atoms with Crippen molar-refractivity contribution in [3.8, 4) is 17.6 Å². The number of Topliss-reactive ketones (excluding diaryl/α,β-unsaturated/α-hetero) is 1. The molecule has 0 heterocycles. The standard InChI is InChI=1S/C17H11F2NO4S/c1-25(22,23)14-6-5-13(12-8-17(18,19)16(21)15(12)14)24-11-4-2-3-10(7-11)9-20/h2-7H,8H2,1H3. The lowest BCUT2D eigenvalue weighted by Crippen LogP contribution is -2.24. The summed E-state index contributed by atoms with van der Waals surface area (Å²) in [4.78, 5) is 11.5. The number of alkyl halides is 2. The molecule has 2 aromatic rings.